The number of hydrogen-bond donors (Lipinski definition) is 2. The Morgan fingerprint density at radius 2 is 1.83 bits per heavy atom. The molecule has 0 saturated heterocycles. The molecule has 1 unspecified atom stereocenters. The van der Waals surface area contributed by atoms with E-state index in [4.69, 9.17) is 4.74 Å². The van der Waals surface area contributed by atoms with Crippen molar-refractivity contribution in [2.75, 3.05) is 29.9 Å². The quantitative estimate of drug-likeness (QED) is 0.782. The third-order valence-corrected chi connectivity index (χ3v) is 3.55. The second-order valence-corrected chi connectivity index (χ2v) is 5.54. The summed E-state index contributed by atoms with van der Waals surface area (Å²) in [7, 11) is 0. The lowest BCUT2D eigenvalue weighted by atomic mass is 10.2. The van der Waals surface area contributed by atoms with Crippen LogP contribution >= 0.6 is 0 Å². The zero-order valence-electron chi connectivity index (χ0n) is 14.1. The monoisotopic (exact) mass is 328 g/mol. The van der Waals surface area contributed by atoms with Crippen molar-refractivity contribution in [1.29, 1.82) is 0 Å². The number of carbonyl (C=O) groups is 1. The van der Waals surface area contributed by atoms with E-state index in [1.807, 2.05) is 30.3 Å². The second-order valence-electron chi connectivity index (χ2n) is 5.54. The second kappa shape index (κ2) is 8.93. The van der Waals surface area contributed by atoms with Gasteiger partial charge in [0.05, 0.1) is 0 Å². The van der Waals surface area contributed by atoms with Crippen LogP contribution in [-0.2, 0) is 4.79 Å². The fraction of sp³-hybridized carbons (Fsp3) is 0.316. The van der Waals surface area contributed by atoms with Crippen molar-refractivity contribution in [2.24, 2.45) is 0 Å². The Hall–Kier alpha value is -2.53. The van der Waals surface area contributed by atoms with Crippen molar-refractivity contribution in [3.63, 3.8) is 0 Å². The Morgan fingerprint density at radius 3 is 2.42 bits per heavy atom. The summed E-state index contributed by atoms with van der Waals surface area (Å²) in [6.45, 7) is 5.05. The Kier molecular flexibility index (Phi) is 6.63. The molecular weight excluding hydrogens is 304 g/mol. The smallest absolute Gasteiger partial charge is 0.221 e. The van der Waals surface area contributed by atoms with Crippen LogP contribution < -0.4 is 15.0 Å². The number of para-hydroxylation sites is 1. The number of anilines is 2. The van der Waals surface area contributed by atoms with E-state index < -0.39 is 6.10 Å². The Bertz CT molecular complexity index is 629. The van der Waals surface area contributed by atoms with Gasteiger partial charge in [-0.15, -0.1) is 0 Å². The number of rotatable bonds is 8. The van der Waals surface area contributed by atoms with Crippen molar-refractivity contribution in [1.82, 2.24) is 0 Å². The number of nitrogens with one attached hydrogen (secondary N) is 1. The molecule has 0 saturated carbocycles. The van der Waals surface area contributed by atoms with Crippen molar-refractivity contribution in [3.8, 4) is 5.75 Å². The van der Waals surface area contributed by atoms with E-state index in [-0.39, 0.29) is 12.5 Å². The molecule has 5 heteroatoms. The average Bonchev–Trinajstić information content (AvgIpc) is 2.59. The summed E-state index contributed by atoms with van der Waals surface area (Å²) in [4.78, 5) is 13.1. The van der Waals surface area contributed by atoms with Crippen molar-refractivity contribution >= 4 is 17.3 Å². The van der Waals surface area contributed by atoms with E-state index in [1.165, 1.54) is 6.92 Å². The number of benzene rings is 2. The largest absolute Gasteiger partial charge is 0.491 e. The van der Waals surface area contributed by atoms with Crippen molar-refractivity contribution < 1.29 is 14.6 Å². The fourth-order valence-corrected chi connectivity index (χ4v) is 2.39. The first-order chi connectivity index (χ1) is 11.6. The van der Waals surface area contributed by atoms with Gasteiger partial charge in [-0.2, -0.15) is 0 Å². The number of likely N-dealkylation sites (N-methyl/N-ethyl adjacent to an activating group) is 1. The summed E-state index contributed by atoms with van der Waals surface area (Å²) < 4.78 is 5.62. The lowest BCUT2D eigenvalue weighted by Gasteiger charge is -2.26. The molecule has 0 radical (unpaired) electrons. The minimum atomic E-state index is -0.597. The summed E-state index contributed by atoms with van der Waals surface area (Å²) in [6.07, 6.45) is -0.597. The molecule has 0 bridgehead atoms. The lowest BCUT2D eigenvalue weighted by molar-refractivity contribution is -0.114. The molecule has 0 heterocycles. The van der Waals surface area contributed by atoms with Gasteiger partial charge in [-0.1, -0.05) is 18.2 Å². The van der Waals surface area contributed by atoms with Gasteiger partial charge in [-0.05, 0) is 43.3 Å². The van der Waals surface area contributed by atoms with Crippen LogP contribution in [0.25, 0.3) is 0 Å². The predicted molar refractivity (Wildman–Crippen MR) is 96.6 cm³/mol. The van der Waals surface area contributed by atoms with E-state index in [0.717, 1.165) is 17.9 Å². The lowest BCUT2D eigenvalue weighted by Crippen LogP contribution is -2.35. The minimum absolute atomic E-state index is 0.111. The zero-order chi connectivity index (χ0) is 17.4. The van der Waals surface area contributed by atoms with Gasteiger partial charge >= 0.3 is 0 Å². The highest BCUT2D eigenvalue weighted by molar-refractivity contribution is 5.88. The summed E-state index contributed by atoms with van der Waals surface area (Å²) >= 11 is 0. The summed E-state index contributed by atoms with van der Waals surface area (Å²) in [5.74, 6) is 0.547. The molecule has 0 aliphatic rings. The van der Waals surface area contributed by atoms with Crippen LogP contribution in [0.1, 0.15) is 13.8 Å². The van der Waals surface area contributed by atoms with Crippen molar-refractivity contribution in [3.05, 3.63) is 54.6 Å². The molecule has 2 rings (SSSR count). The van der Waals surface area contributed by atoms with Gasteiger partial charge in [0, 0.05) is 31.4 Å². The standard InChI is InChI=1S/C19H24N2O3/c1-3-21(17-7-5-4-6-8-17)13-18(23)14-24-19-11-9-16(10-12-19)20-15(2)22/h4-12,18,23H,3,13-14H2,1-2H3,(H,20,22). The first kappa shape index (κ1) is 17.8. The maximum atomic E-state index is 11.0. The van der Waals surface area contributed by atoms with Gasteiger partial charge in [-0.25, -0.2) is 0 Å². The van der Waals surface area contributed by atoms with Gasteiger partial charge in [-0.3, -0.25) is 4.79 Å². The molecule has 128 valence electrons. The maximum absolute atomic E-state index is 11.0. The molecule has 1 atom stereocenters. The third-order valence-electron chi connectivity index (χ3n) is 3.55. The Morgan fingerprint density at radius 1 is 1.17 bits per heavy atom. The molecule has 0 aromatic heterocycles. The molecule has 5 nitrogen and oxygen atoms in total. The van der Waals surface area contributed by atoms with E-state index in [0.29, 0.717) is 12.3 Å². The van der Waals surface area contributed by atoms with Crippen LogP contribution in [0.3, 0.4) is 0 Å². The number of nitrogens with zero attached hydrogens (tertiary/aromatic N) is 1. The van der Waals surface area contributed by atoms with Crippen LogP contribution in [0.4, 0.5) is 11.4 Å². The van der Waals surface area contributed by atoms with Crippen LogP contribution in [0.15, 0.2) is 54.6 Å². The minimum Gasteiger partial charge on any atom is -0.491 e. The van der Waals surface area contributed by atoms with Gasteiger partial charge in [0.1, 0.15) is 18.5 Å². The topological polar surface area (TPSA) is 61.8 Å². The third kappa shape index (κ3) is 5.59. The number of aliphatic hydroxyl groups is 1. The molecule has 0 aliphatic heterocycles. The van der Waals surface area contributed by atoms with Crippen molar-refractivity contribution in [2.45, 2.75) is 20.0 Å². The zero-order valence-corrected chi connectivity index (χ0v) is 14.1. The Labute approximate surface area is 142 Å². The van der Waals surface area contributed by atoms with Gasteiger partial charge in [0.15, 0.2) is 0 Å². The first-order valence-corrected chi connectivity index (χ1v) is 8.07. The van der Waals surface area contributed by atoms with Gasteiger partial charge in [0.2, 0.25) is 5.91 Å². The number of hydrogen-bond acceptors (Lipinski definition) is 4. The summed E-state index contributed by atoms with van der Waals surface area (Å²) in [6, 6.07) is 17.1. The summed E-state index contributed by atoms with van der Waals surface area (Å²) in [5.41, 5.74) is 1.80. The SMILES string of the molecule is CCN(CC(O)COc1ccc(NC(C)=O)cc1)c1ccccc1. The normalized spacial score (nSPS) is 11.6. The molecule has 2 aromatic rings. The Balaban J connectivity index is 1.84. The maximum Gasteiger partial charge on any atom is 0.221 e. The highest BCUT2D eigenvalue weighted by Gasteiger charge is 2.12. The molecule has 2 N–H and O–H groups in total. The molecule has 0 spiro atoms. The first-order valence-electron chi connectivity index (χ1n) is 8.07. The average molecular weight is 328 g/mol. The molecule has 0 fully saturated rings. The number of amides is 1. The molecule has 2 aromatic carbocycles. The van der Waals surface area contributed by atoms with Gasteiger partial charge in [0.25, 0.3) is 0 Å². The fourth-order valence-electron chi connectivity index (χ4n) is 2.39. The highest BCUT2D eigenvalue weighted by Crippen LogP contribution is 2.17. The molecule has 1 amide bonds. The highest BCUT2D eigenvalue weighted by atomic mass is 16.5. The number of ether oxygens (including phenoxy) is 1. The molecule has 0 aliphatic carbocycles. The van der Waals surface area contributed by atoms with E-state index in [9.17, 15) is 9.90 Å². The number of carbonyl (C=O) groups excluding carboxylic acids is 1. The van der Waals surface area contributed by atoms with E-state index in [2.05, 4.69) is 17.1 Å². The summed E-state index contributed by atoms with van der Waals surface area (Å²) in [5, 5.41) is 12.9. The number of aliphatic hydroxyl groups excluding tert-OH is 1. The molecular formula is C19H24N2O3. The predicted octanol–water partition coefficient (Wildman–Crippen LogP) is 2.91. The van der Waals surface area contributed by atoms with Crippen LogP contribution in [0, 0.1) is 0 Å². The van der Waals surface area contributed by atoms with Crippen LogP contribution in [0.5, 0.6) is 5.75 Å². The van der Waals surface area contributed by atoms with E-state index >= 15 is 0 Å². The van der Waals surface area contributed by atoms with Crippen LogP contribution in [-0.4, -0.2) is 36.8 Å². The van der Waals surface area contributed by atoms with Crippen LogP contribution in [0.2, 0.25) is 0 Å². The van der Waals surface area contributed by atoms with Gasteiger partial charge < -0.3 is 20.1 Å². The van der Waals surface area contributed by atoms with E-state index in [1.54, 1.807) is 24.3 Å². The molecule has 24 heavy (non-hydrogen) atoms.